The van der Waals surface area contributed by atoms with Gasteiger partial charge in [0, 0.05) is 49.5 Å². The summed E-state index contributed by atoms with van der Waals surface area (Å²) in [5.41, 5.74) is 6.05. The van der Waals surface area contributed by atoms with E-state index >= 15 is 0 Å². The van der Waals surface area contributed by atoms with Crippen LogP contribution in [-0.4, -0.2) is 70.0 Å². The Kier molecular flexibility index (Phi) is 8.01. The Hall–Kier alpha value is -3.41. The predicted octanol–water partition coefficient (Wildman–Crippen LogP) is 5.07. The molecule has 4 rings (SSSR count). The highest BCUT2D eigenvalue weighted by molar-refractivity contribution is 6.11. The number of para-hydroxylation sites is 1. The standard InChI is InChI=1S/C30H35N3O2/c1-31(2)22-24-9-7-8-23(20-24)12-15-29(34)27-14-13-25(26-10-5-6-11-30(26)35-4)21-28(27)33-18-16-32(3)17-19-33/h5-15,20-21H,16-19,22H2,1-4H3/b15-12+. The first-order valence-electron chi connectivity index (χ1n) is 12.1. The van der Waals surface area contributed by atoms with Crippen LogP contribution in [0.25, 0.3) is 17.2 Å². The minimum Gasteiger partial charge on any atom is -0.496 e. The summed E-state index contributed by atoms with van der Waals surface area (Å²) in [6.07, 6.45) is 3.62. The molecule has 1 aliphatic rings. The molecule has 0 atom stereocenters. The number of likely N-dealkylation sites (N-methyl/N-ethyl adjacent to an activating group) is 1. The first kappa shape index (κ1) is 24.7. The van der Waals surface area contributed by atoms with Crippen LogP contribution < -0.4 is 9.64 Å². The summed E-state index contributed by atoms with van der Waals surface area (Å²) in [7, 11) is 7.94. The third-order valence-electron chi connectivity index (χ3n) is 6.40. The van der Waals surface area contributed by atoms with Gasteiger partial charge in [0.2, 0.25) is 0 Å². The fourth-order valence-electron chi connectivity index (χ4n) is 4.52. The second kappa shape index (κ2) is 11.3. The number of rotatable bonds is 8. The van der Waals surface area contributed by atoms with Gasteiger partial charge in [-0.15, -0.1) is 0 Å². The van der Waals surface area contributed by atoms with Gasteiger partial charge in [0.1, 0.15) is 5.75 Å². The number of carbonyl (C=O) groups is 1. The van der Waals surface area contributed by atoms with Crippen LogP contribution in [0.2, 0.25) is 0 Å². The molecule has 0 aliphatic carbocycles. The molecule has 1 saturated heterocycles. The van der Waals surface area contributed by atoms with Gasteiger partial charge in [0.15, 0.2) is 5.78 Å². The number of hydrogen-bond donors (Lipinski definition) is 0. The Morgan fingerprint density at radius 3 is 2.49 bits per heavy atom. The quantitative estimate of drug-likeness (QED) is 0.340. The molecule has 5 heteroatoms. The van der Waals surface area contributed by atoms with Crippen LogP contribution in [0, 0.1) is 0 Å². The van der Waals surface area contributed by atoms with E-state index < -0.39 is 0 Å². The zero-order valence-corrected chi connectivity index (χ0v) is 21.2. The molecule has 1 fully saturated rings. The molecule has 0 unspecified atom stereocenters. The monoisotopic (exact) mass is 469 g/mol. The lowest BCUT2D eigenvalue weighted by atomic mass is 9.98. The van der Waals surface area contributed by atoms with Crippen molar-refractivity contribution in [2.75, 3.05) is 59.3 Å². The van der Waals surface area contributed by atoms with Crippen LogP contribution >= 0.6 is 0 Å². The largest absolute Gasteiger partial charge is 0.496 e. The van der Waals surface area contributed by atoms with Gasteiger partial charge < -0.3 is 19.4 Å². The van der Waals surface area contributed by atoms with Crippen molar-refractivity contribution in [3.05, 3.63) is 89.5 Å². The molecule has 5 nitrogen and oxygen atoms in total. The summed E-state index contributed by atoms with van der Waals surface area (Å²) < 4.78 is 5.60. The minimum absolute atomic E-state index is 0.0171. The van der Waals surface area contributed by atoms with Crippen LogP contribution in [0.1, 0.15) is 21.5 Å². The van der Waals surface area contributed by atoms with Gasteiger partial charge in [-0.05, 0) is 62.1 Å². The van der Waals surface area contributed by atoms with E-state index in [4.69, 9.17) is 4.74 Å². The second-order valence-electron chi connectivity index (χ2n) is 9.40. The van der Waals surface area contributed by atoms with E-state index in [1.54, 1.807) is 13.2 Å². The highest BCUT2D eigenvalue weighted by atomic mass is 16.5. The second-order valence-corrected chi connectivity index (χ2v) is 9.40. The number of allylic oxidation sites excluding steroid dienone is 1. The number of ether oxygens (including phenoxy) is 1. The number of anilines is 1. The molecule has 0 amide bonds. The molecule has 0 bridgehead atoms. The van der Waals surface area contributed by atoms with Crippen molar-refractivity contribution in [2.45, 2.75) is 6.54 Å². The normalized spacial score (nSPS) is 14.6. The first-order valence-corrected chi connectivity index (χ1v) is 12.1. The lowest BCUT2D eigenvalue weighted by Crippen LogP contribution is -2.45. The highest BCUT2D eigenvalue weighted by Gasteiger charge is 2.21. The molecule has 3 aromatic rings. The molecule has 1 aliphatic heterocycles. The summed E-state index contributed by atoms with van der Waals surface area (Å²) in [5, 5.41) is 0. The Bertz CT molecular complexity index is 1190. The number of piperazine rings is 1. The third kappa shape index (κ3) is 6.18. The zero-order valence-electron chi connectivity index (χ0n) is 21.2. The average molecular weight is 470 g/mol. The molecule has 0 N–H and O–H groups in total. The van der Waals surface area contributed by atoms with Crippen molar-refractivity contribution < 1.29 is 9.53 Å². The van der Waals surface area contributed by atoms with Gasteiger partial charge in [-0.3, -0.25) is 4.79 Å². The summed E-state index contributed by atoms with van der Waals surface area (Å²) in [6.45, 7) is 4.60. The van der Waals surface area contributed by atoms with Crippen LogP contribution in [0.5, 0.6) is 5.75 Å². The number of ketones is 1. The molecular weight excluding hydrogens is 434 g/mol. The maximum Gasteiger partial charge on any atom is 0.187 e. The lowest BCUT2D eigenvalue weighted by molar-refractivity contribution is 0.104. The fourth-order valence-corrected chi connectivity index (χ4v) is 4.52. The van der Waals surface area contributed by atoms with E-state index in [2.05, 4.69) is 60.1 Å². The van der Waals surface area contributed by atoms with E-state index in [-0.39, 0.29) is 5.78 Å². The van der Waals surface area contributed by atoms with Crippen molar-refractivity contribution >= 4 is 17.5 Å². The maximum absolute atomic E-state index is 13.4. The van der Waals surface area contributed by atoms with E-state index in [9.17, 15) is 4.79 Å². The minimum atomic E-state index is 0.0171. The van der Waals surface area contributed by atoms with Crippen molar-refractivity contribution in [1.82, 2.24) is 9.80 Å². The van der Waals surface area contributed by atoms with Crippen molar-refractivity contribution in [3.8, 4) is 16.9 Å². The topological polar surface area (TPSA) is 36.0 Å². The molecule has 35 heavy (non-hydrogen) atoms. The molecule has 0 saturated carbocycles. The fraction of sp³-hybridized carbons (Fsp3) is 0.300. The van der Waals surface area contributed by atoms with Gasteiger partial charge in [-0.2, -0.15) is 0 Å². The van der Waals surface area contributed by atoms with Gasteiger partial charge in [-0.25, -0.2) is 0 Å². The molecule has 1 heterocycles. The molecule has 3 aromatic carbocycles. The summed E-state index contributed by atoms with van der Waals surface area (Å²) in [4.78, 5) is 20.2. The molecule has 182 valence electrons. The van der Waals surface area contributed by atoms with Gasteiger partial charge >= 0.3 is 0 Å². The van der Waals surface area contributed by atoms with E-state index in [1.165, 1.54) is 5.56 Å². The van der Waals surface area contributed by atoms with Crippen molar-refractivity contribution in [1.29, 1.82) is 0 Å². The summed E-state index contributed by atoms with van der Waals surface area (Å²) >= 11 is 0. The maximum atomic E-state index is 13.4. The van der Waals surface area contributed by atoms with Crippen molar-refractivity contribution in [2.24, 2.45) is 0 Å². The number of nitrogens with zero attached hydrogens (tertiary/aromatic N) is 3. The van der Waals surface area contributed by atoms with Crippen LogP contribution in [0.4, 0.5) is 5.69 Å². The van der Waals surface area contributed by atoms with Crippen molar-refractivity contribution in [3.63, 3.8) is 0 Å². The predicted molar refractivity (Wildman–Crippen MR) is 145 cm³/mol. The summed E-state index contributed by atoms with van der Waals surface area (Å²) in [5.74, 6) is 0.844. The van der Waals surface area contributed by atoms with Gasteiger partial charge in [0.05, 0.1) is 7.11 Å². The van der Waals surface area contributed by atoms with Crippen LogP contribution in [-0.2, 0) is 6.54 Å². The average Bonchev–Trinajstić information content (AvgIpc) is 2.87. The molecule has 0 radical (unpaired) electrons. The smallest absolute Gasteiger partial charge is 0.187 e. The van der Waals surface area contributed by atoms with Crippen LogP contribution in [0.3, 0.4) is 0 Å². The van der Waals surface area contributed by atoms with E-state index in [0.717, 1.165) is 66.4 Å². The van der Waals surface area contributed by atoms with Gasteiger partial charge in [-0.1, -0.05) is 54.6 Å². The molecule has 0 spiro atoms. The Morgan fingerprint density at radius 1 is 0.971 bits per heavy atom. The Labute approximate surface area is 209 Å². The van der Waals surface area contributed by atoms with E-state index in [0.29, 0.717) is 0 Å². The Balaban J connectivity index is 1.66. The highest BCUT2D eigenvalue weighted by Crippen LogP contribution is 2.34. The van der Waals surface area contributed by atoms with E-state index in [1.807, 2.05) is 48.5 Å². The Morgan fingerprint density at radius 2 is 1.74 bits per heavy atom. The lowest BCUT2D eigenvalue weighted by Gasteiger charge is -2.35. The summed E-state index contributed by atoms with van der Waals surface area (Å²) in [6, 6.07) is 22.5. The number of carbonyl (C=O) groups excluding carboxylic acids is 1. The third-order valence-corrected chi connectivity index (χ3v) is 6.40. The number of hydrogen-bond acceptors (Lipinski definition) is 5. The number of methoxy groups -OCH3 is 1. The zero-order chi connectivity index (χ0) is 24.8. The number of benzene rings is 3. The molecular formula is C30H35N3O2. The molecule has 0 aromatic heterocycles. The SMILES string of the molecule is COc1ccccc1-c1ccc(C(=O)/C=C/c2cccc(CN(C)C)c2)c(N2CCN(C)CC2)c1. The first-order chi connectivity index (χ1) is 16.9. The van der Waals surface area contributed by atoms with Crippen LogP contribution in [0.15, 0.2) is 72.8 Å². The van der Waals surface area contributed by atoms with Gasteiger partial charge in [0.25, 0.3) is 0 Å².